The van der Waals surface area contributed by atoms with Crippen LogP contribution in [0.2, 0.25) is 0 Å². The molecule has 0 saturated heterocycles. The summed E-state index contributed by atoms with van der Waals surface area (Å²) < 4.78 is 5.22. The van der Waals surface area contributed by atoms with E-state index in [2.05, 4.69) is 34.6 Å². The van der Waals surface area contributed by atoms with E-state index in [1.807, 2.05) is 6.92 Å². The minimum absolute atomic E-state index is 0.384. The van der Waals surface area contributed by atoms with Crippen LogP contribution >= 0.6 is 11.3 Å². The number of methoxy groups -OCH3 is 1. The van der Waals surface area contributed by atoms with Crippen molar-refractivity contribution in [2.45, 2.75) is 39.7 Å². The van der Waals surface area contributed by atoms with E-state index in [0.717, 1.165) is 49.3 Å². The number of nitrogens with zero attached hydrogens (tertiary/aromatic N) is 3. The smallest absolute Gasteiger partial charge is 0.194 e. The Hall–Kier alpha value is -1.14. The molecule has 6 heteroatoms. The van der Waals surface area contributed by atoms with Crippen molar-refractivity contribution >= 4 is 17.3 Å². The largest absolute Gasteiger partial charge is 0.385 e. The average molecular weight is 324 g/mol. The van der Waals surface area contributed by atoms with Crippen LogP contribution in [0.25, 0.3) is 0 Å². The van der Waals surface area contributed by atoms with Gasteiger partial charge in [-0.3, -0.25) is 4.99 Å². The van der Waals surface area contributed by atoms with Crippen LogP contribution in [0.4, 0.5) is 0 Å². The first-order chi connectivity index (χ1) is 10.6. The fraction of sp³-hybridized carbons (Fsp3) is 0.750. The van der Waals surface area contributed by atoms with E-state index in [-0.39, 0.29) is 0 Å². The molecule has 124 valence electrons. The van der Waals surface area contributed by atoms with E-state index in [0.29, 0.717) is 5.41 Å². The maximum atomic E-state index is 5.22. The fourth-order valence-electron chi connectivity index (χ4n) is 2.49. The zero-order valence-electron chi connectivity index (χ0n) is 14.2. The van der Waals surface area contributed by atoms with Gasteiger partial charge in [0.25, 0.3) is 0 Å². The molecular weight excluding hydrogens is 296 g/mol. The molecule has 1 saturated carbocycles. The summed E-state index contributed by atoms with van der Waals surface area (Å²) in [7, 11) is 3.85. The van der Waals surface area contributed by atoms with Gasteiger partial charge in [-0.05, 0) is 38.5 Å². The molecular formula is C16H28N4OS. The van der Waals surface area contributed by atoms with Gasteiger partial charge < -0.3 is 15.0 Å². The van der Waals surface area contributed by atoms with Crippen molar-refractivity contribution in [1.29, 1.82) is 0 Å². The highest BCUT2D eigenvalue weighted by Gasteiger charge is 2.41. The van der Waals surface area contributed by atoms with Gasteiger partial charge in [0, 0.05) is 39.2 Å². The Labute approximate surface area is 137 Å². The molecule has 0 unspecified atom stereocenters. The monoisotopic (exact) mass is 324 g/mol. The zero-order valence-corrected chi connectivity index (χ0v) is 15.0. The van der Waals surface area contributed by atoms with Gasteiger partial charge >= 0.3 is 0 Å². The van der Waals surface area contributed by atoms with Crippen molar-refractivity contribution in [2.75, 3.05) is 33.9 Å². The van der Waals surface area contributed by atoms with Crippen molar-refractivity contribution in [3.8, 4) is 0 Å². The molecule has 5 nitrogen and oxygen atoms in total. The first-order valence-corrected chi connectivity index (χ1v) is 8.86. The van der Waals surface area contributed by atoms with Gasteiger partial charge in [-0.25, -0.2) is 4.98 Å². The number of thiazole rings is 1. The maximum absolute atomic E-state index is 5.22. The number of aliphatic imine (C=N–C) groups is 1. The van der Waals surface area contributed by atoms with Gasteiger partial charge in [0.05, 0.1) is 17.2 Å². The third kappa shape index (κ3) is 4.95. The highest BCUT2D eigenvalue weighted by Crippen LogP contribution is 2.49. The quantitative estimate of drug-likeness (QED) is 0.590. The SMILES string of the molecule is CCNC(=NCC1(CCOC)CC1)N(C)Cc1csc(C)n1. The highest BCUT2D eigenvalue weighted by molar-refractivity contribution is 7.09. The summed E-state index contributed by atoms with van der Waals surface area (Å²) in [5.74, 6) is 0.969. The minimum Gasteiger partial charge on any atom is -0.385 e. The van der Waals surface area contributed by atoms with E-state index in [1.54, 1.807) is 18.4 Å². The molecule has 1 aromatic heterocycles. The van der Waals surface area contributed by atoms with E-state index in [4.69, 9.17) is 9.73 Å². The van der Waals surface area contributed by atoms with E-state index < -0.39 is 0 Å². The zero-order chi connectivity index (χ0) is 16.0. The maximum Gasteiger partial charge on any atom is 0.194 e. The summed E-state index contributed by atoms with van der Waals surface area (Å²) >= 11 is 1.70. The predicted molar refractivity (Wildman–Crippen MR) is 92.5 cm³/mol. The van der Waals surface area contributed by atoms with E-state index >= 15 is 0 Å². The molecule has 2 rings (SSSR count). The molecule has 22 heavy (non-hydrogen) atoms. The van der Waals surface area contributed by atoms with E-state index in [9.17, 15) is 0 Å². The molecule has 1 aliphatic rings. The second-order valence-electron chi connectivity index (χ2n) is 6.13. The number of hydrogen-bond donors (Lipinski definition) is 1. The van der Waals surface area contributed by atoms with Gasteiger partial charge in [-0.1, -0.05) is 0 Å². The second-order valence-corrected chi connectivity index (χ2v) is 7.19. The molecule has 1 aromatic rings. The van der Waals surface area contributed by atoms with Crippen molar-refractivity contribution in [1.82, 2.24) is 15.2 Å². The van der Waals surface area contributed by atoms with Crippen LogP contribution in [0.5, 0.6) is 0 Å². The first-order valence-electron chi connectivity index (χ1n) is 7.98. The Morgan fingerprint density at radius 1 is 1.55 bits per heavy atom. The summed E-state index contributed by atoms with van der Waals surface area (Å²) in [6.07, 6.45) is 3.66. The van der Waals surface area contributed by atoms with Gasteiger partial charge in [-0.2, -0.15) is 0 Å². The third-order valence-corrected chi connectivity index (χ3v) is 4.94. The summed E-state index contributed by atoms with van der Waals surface area (Å²) in [5.41, 5.74) is 1.49. The van der Waals surface area contributed by atoms with Crippen molar-refractivity contribution in [3.63, 3.8) is 0 Å². The standard InChI is InChI=1S/C16H28N4OS/c1-5-17-15(18-12-16(6-7-16)8-9-21-4)20(3)10-14-11-22-13(2)19-14/h11H,5-10,12H2,1-4H3,(H,17,18). The third-order valence-electron chi connectivity index (χ3n) is 4.12. The number of guanidine groups is 1. The molecule has 1 fully saturated rings. The molecule has 0 atom stereocenters. The lowest BCUT2D eigenvalue weighted by Crippen LogP contribution is -2.39. The van der Waals surface area contributed by atoms with Crippen molar-refractivity contribution < 1.29 is 4.74 Å². The normalized spacial score (nSPS) is 16.6. The Morgan fingerprint density at radius 3 is 2.86 bits per heavy atom. The molecule has 0 aliphatic heterocycles. The Bertz CT molecular complexity index is 496. The van der Waals surface area contributed by atoms with Gasteiger partial charge in [-0.15, -0.1) is 11.3 Å². The molecule has 0 amide bonds. The van der Waals surface area contributed by atoms with Crippen LogP contribution in [0, 0.1) is 12.3 Å². The van der Waals surface area contributed by atoms with Crippen molar-refractivity contribution in [2.24, 2.45) is 10.4 Å². The number of rotatable bonds is 8. The van der Waals surface area contributed by atoms with Gasteiger partial charge in [0.2, 0.25) is 0 Å². The molecule has 0 spiro atoms. The minimum atomic E-state index is 0.384. The first kappa shape index (κ1) is 17.2. The molecule has 1 N–H and O–H groups in total. The lowest BCUT2D eigenvalue weighted by atomic mass is 10.0. The number of aryl methyl sites for hydroxylation is 1. The number of hydrogen-bond acceptors (Lipinski definition) is 4. The lowest BCUT2D eigenvalue weighted by Gasteiger charge is -2.22. The summed E-state index contributed by atoms with van der Waals surface area (Å²) in [4.78, 5) is 11.5. The Morgan fingerprint density at radius 2 is 2.32 bits per heavy atom. The molecule has 1 aliphatic carbocycles. The van der Waals surface area contributed by atoms with Crippen LogP contribution in [0.3, 0.4) is 0 Å². The molecule has 0 aromatic carbocycles. The summed E-state index contributed by atoms with van der Waals surface area (Å²) in [6, 6.07) is 0. The summed E-state index contributed by atoms with van der Waals surface area (Å²) in [5, 5.41) is 6.62. The van der Waals surface area contributed by atoms with Gasteiger partial charge in [0.1, 0.15) is 0 Å². The van der Waals surface area contributed by atoms with Crippen molar-refractivity contribution in [3.05, 3.63) is 16.1 Å². The molecule has 0 radical (unpaired) electrons. The van der Waals surface area contributed by atoms with E-state index in [1.165, 1.54) is 12.8 Å². The molecule has 1 heterocycles. The van der Waals surface area contributed by atoms with Crippen LogP contribution in [0.1, 0.15) is 36.9 Å². The fourth-order valence-corrected chi connectivity index (χ4v) is 3.10. The van der Waals surface area contributed by atoms with Crippen LogP contribution < -0.4 is 5.32 Å². The lowest BCUT2D eigenvalue weighted by molar-refractivity contribution is 0.174. The number of ether oxygens (including phenoxy) is 1. The Balaban J connectivity index is 1.94. The second kappa shape index (κ2) is 7.92. The predicted octanol–water partition coefficient (Wildman–Crippen LogP) is 2.67. The average Bonchev–Trinajstić information content (AvgIpc) is 3.16. The number of aromatic nitrogens is 1. The Kier molecular flexibility index (Phi) is 6.20. The van der Waals surface area contributed by atoms with Crippen LogP contribution in [0.15, 0.2) is 10.4 Å². The van der Waals surface area contributed by atoms with Gasteiger partial charge in [0.15, 0.2) is 5.96 Å². The molecule has 0 bridgehead atoms. The number of nitrogens with one attached hydrogen (secondary N) is 1. The summed E-state index contributed by atoms with van der Waals surface area (Å²) in [6.45, 7) is 7.54. The van der Waals surface area contributed by atoms with Crippen LogP contribution in [-0.4, -0.2) is 49.7 Å². The highest BCUT2D eigenvalue weighted by atomic mass is 32.1. The topological polar surface area (TPSA) is 49.8 Å². The van der Waals surface area contributed by atoms with Crippen LogP contribution in [-0.2, 0) is 11.3 Å².